The van der Waals surface area contributed by atoms with Crippen molar-refractivity contribution in [1.29, 1.82) is 0 Å². The SMILES string of the molecule is CC(C)(N)C(=O)N[C@H](COCc1ccccc1)C(=O)N1CCC2=NN(C(C)(C)C)C(=O)[C@@]2(Cc2ccccc2)C1. The molecule has 214 valence electrons. The van der Waals surface area contributed by atoms with Gasteiger partial charge < -0.3 is 20.7 Å². The summed E-state index contributed by atoms with van der Waals surface area (Å²) in [4.78, 5) is 42.6. The van der Waals surface area contributed by atoms with Gasteiger partial charge in [-0.1, -0.05) is 60.7 Å². The lowest BCUT2D eigenvalue weighted by Gasteiger charge is -2.41. The molecular weight excluding hydrogens is 506 g/mol. The number of nitrogens with one attached hydrogen (secondary N) is 1. The van der Waals surface area contributed by atoms with Gasteiger partial charge in [0.15, 0.2) is 0 Å². The second-order valence-corrected chi connectivity index (χ2v) is 12.3. The Morgan fingerprint density at radius 1 is 1.02 bits per heavy atom. The molecule has 0 bridgehead atoms. The molecule has 4 rings (SSSR count). The number of nitrogens with zero attached hydrogens (tertiary/aromatic N) is 3. The van der Waals surface area contributed by atoms with Crippen LogP contribution in [-0.4, -0.2) is 70.2 Å². The van der Waals surface area contributed by atoms with Gasteiger partial charge in [-0.05, 0) is 52.2 Å². The Labute approximate surface area is 236 Å². The molecule has 40 heavy (non-hydrogen) atoms. The lowest BCUT2D eigenvalue weighted by molar-refractivity contribution is -0.146. The molecule has 2 atom stereocenters. The van der Waals surface area contributed by atoms with Gasteiger partial charge in [-0.15, -0.1) is 0 Å². The standard InChI is InChI=1S/C31H41N5O4/c1-29(2,3)36-28(39)31(18-22-12-8-6-9-13-22)21-35(17-16-25(31)34-36)26(37)24(33-27(38)30(4,5)32)20-40-19-23-14-10-7-11-15-23/h6-15,24H,16-21,32H2,1-5H3,(H,33,38)/t24-,31+/m1/s1. The number of piperidine rings is 1. The molecule has 0 spiro atoms. The van der Waals surface area contributed by atoms with Crippen molar-refractivity contribution in [3.05, 3.63) is 71.8 Å². The van der Waals surface area contributed by atoms with Gasteiger partial charge in [-0.2, -0.15) is 5.10 Å². The van der Waals surface area contributed by atoms with Gasteiger partial charge in [0.05, 0.1) is 30.0 Å². The van der Waals surface area contributed by atoms with E-state index in [-0.39, 0.29) is 25.0 Å². The summed E-state index contributed by atoms with van der Waals surface area (Å²) >= 11 is 0. The Hall–Kier alpha value is -3.56. The highest BCUT2D eigenvalue weighted by Crippen LogP contribution is 2.41. The Kier molecular flexibility index (Phi) is 8.46. The van der Waals surface area contributed by atoms with Crippen LogP contribution < -0.4 is 11.1 Å². The van der Waals surface area contributed by atoms with E-state index in [2.05, 4.69) is 5.32 Å². The van der Waals surface area contributed by atoms with Gasteiger partial charge in [-0.3, -0.25) is 14.4 Å². The Morgan fingerprint density at radius 3 is 2.20 bits per heavy atom. The van der Waals surface area contributed by atoms with E-state index in [0.717, 1.165) is 16.8 Å². The zero-order chi connectivity index (χ0) is 29.1. The minimum absolute atomic E-state index is 0.0270. The van der Waals surface area contributed by atoms with Crippen LogP contribution in [0.15, 0.2) is 65.8 Å². The van der Waals surface area contributed by atoms with Crippen molar-refractivity contribution in [2.75, 3.05) is 19.7 Å². The molecule has 1 saturated heterocycles. The molecule has 0 unspecified atom stereocenters. The number of ether oxygens (including phenoxy) is 1. The number of nitrogens with two attached hydrogens (primary N) is 1. The van der Waals surface area contributed by atoms with E-state index in [4.69, 9.17) is 15.6 Å². The van der Waals surface area contributed by atoms with Crippen molar-refractivity contribution in [1.82, 2.24) is 15.2 Å². The van der Waals surface area contributed by atoms with Crippen LogP contribution in [0, 0.1) is 5.41 Å². The Morgan fingerprint density at radius 2 is 1.62 bits per heavy atom. The van der Waals surface area contributed by atoms with Crippen LogP contribution in [0.5, 0.6) is 0 Å². The first kappa shape index (κ1) is 29.4. The molecule has 0 aromatic heterocycles. The number of carbonyl (C=O) groups is 3. The van der Waals surface area contributed by atoms with Crippen LogP contribution in [0.1, 0.15) is 52.2 Å². The largest absolute Gasteiger partial charge is 0.374 e. The zero-order valence-electron chi connectivity index (χ0n) is 24.1. The molecule has 2 heterocycles. The molecule has 2 aliphatic rings. The monoisotopic (exact) mass is 547 g/mol. The number of likely N-dealkylation sites (tertiary alicyclic amines) is 1. The number of benzene rings is 2. The molecule has 3 N–H and O–H groups in total. The van der Waals surface area contributed by atoms with Crippen LogP contribution >= 0.6 is 0 Å². The lowest BCUT2D eigenvalue weighted by atomic mass is 9.73. The molecule has 2 aromatic carbocycles. The highest BCUT2D eigenvalue weighted by atomic mass is 16.5. The van der Waals surface area contributed by atoms with E-state index in [1.165, 1.54) is 0 Å². The summed E-state index contributed by atoms with van der Waals surface area (Å²) in [6.07, 6.45) is 0.893. The highest BCUT2D eigenvalue weighted by molar-refractivity contribution is 6.14. The maximum atomic E-state index is 14.1. The van der Waals surface area contributed by atoms with E-state index >= 15 is 0 Å². The first-order valence-electron chi connectivity index (χ1n) is 13.8. The number of rotatable bonds is 9. The van der Waals surface area contributed by atoms with Crippen molar-refractivity contribution in [3.63, 3.8) is 0 Å². The van der Waals surface area contributed by atoms with Crippen LogP contribution in [0.3, 0.4) is 0 Å². The maximum Gasteiger partial charge on any atom is 0.257 e. The van der Waals surface area contributed by atoms with Crippen LogP contribution in [0.4, 0.5) is 0 Å². The summed E-state index contributed by atoms with van der Waals surface area (Å²) in [7, 11) is 0. The zero-order valence-corrected chi connectivity index (χ0v) is 24.1. The average molecular weight is 548 g/mol. The maximum absolute atomic E-state index is 14.1. The van der Waals surface area contributed by atoms with E-state index in [9.17, 15) is 14.4 Å². The second-order valence-electron chi connectivity index (χ2n) is 12.3. The first-order valence-corrected chi connectivity index (χ1v) is 13.8. The normalized spacial score (nSPS) is 20.1. The van der Waals surface area contributed by atoms with Crippen molar-refractivity contribution < 1.29 is 19.1 Å². The molecular formula is C31H41N5O4. The summed E-state index contributed by atoms with van der Waals surface area (Å²) in [5.41, 5.74) is 6.12. The summed E-state index contributed by atoms with van der Waals surface area (Å²) in [5.74, 6) is -0.872. The molecule has 9 nitrogen and oxygen atoms in total. The number of hydrogen-bond donors (Lipinski definition) is 2. The summed E-state index contributed by atoms with van der Waals surface area (Å²) in [5, 5.41) is 9.15. The molecule has 2 aliphatic heterocycles. The Balaban J connectivity index is 1.59. The van der Waals surface area contributed by atoms with Gasteiger partial charge in [0.1, 0.15) is 11.5 Å². The minimum atomic E-state index is -1.18. The van der Waals surface area contributed by atoms with Gasteiger partial charge >= 0.3 is 0 Å². The van der Waals surface area contributed by atoms with Gasteiger partial charge in [0.2, 0.25) is 11.8 Å². The van der Waals surface area contributed by atoms with Crippen molar-refractivity contribution in [2.45, 2.75) is 71.2 Å². The van der Waals surface area contributed by atoms with Gasteiger partial charge in [0.25, 0.3) is 5.91 Å². The van der Waals surface area contributed by atoms with E-state index < -0.39 is 28.4 Å². The van der Waals surface area contributed by atoms with E-state index in [0.29, 0.717) is 26.0 Å². The second kappa shape index (κ2) is 11.5. The first-order chi connectivity index (χ1) is 18.8. The average Bonchev–Trinajstić information content (AvgIpc) is 3.20. The molecule has 2 aromatic rings. The third kappa shape index (κ3) is 6.42. The van der Waals surface area contributed by atoms with Crippen molar-refractivity contribution in [2.24, 2.45) is 16.3 Å². The summed E-state index contributed by atoms with van der Waals surface area (Å²) < 4.78 is 5.90. The fourth-order valence-corrected chi connectivity index (χ4v) is 5.11. The topological polar surface area (TPSA) is 117 Å². The predicted octanol–water partition coefficient (Wildman–Crippen LogP) is 2.88. The number of fused-ring (bicyclic) bond motifs is 1. The van der Waals surface area contributed by atoms with Crippen LogP contribution in [0.2, 0.25) is 0 Å². The molecule has 0 radical (unpaired) electrons. The van der Waals surface area contributed by atoms with Crippen LogP contribution in [0.25, 0.3) is 0 Å². The summed E-state index contributed by atoms with van der Waals surface area (Å²) in [6.45, 7) is 9.86. The van der Waals surface area contributed by atoms with Crippen molar-refractivity contribution >= 4 is 23.4 Å². The van der Waals surface area contributed by atoms with E-state index in [1.807, 2.05) is 81.4 Å². The van der Waals surface area contributed by atoms with Crippen molar-refractivity contribution in [3.8, 4) is 0 Å². The van der Waals surface area contributed by atoms with Crippen LogP contribution in [-0.2, 0) is 32.1 Å². The van der Waals surface area contributed by atoms with Gasteiger partial charge in [0, 0.05) is 19.5 Å². The third-order valence-corrected chi connectivity index (χ3v) is 7.33. The molecule has 0 aliphatic carbocycles. The molecule has 9 heteroatoms. The minimum Gasteiger partial charge on any atom is -0.374 e. The molecule has 0 saturated carbocycles. The Bertz CT molecular complexity index is 1250. The quantitative estimate of drug-likeness (QED) is 0.501. The smallest absolute Gasteiger partial charge is 0.257 e. The van der Waals surface area contributed by atoms with E-state index in [1.54, 1.807) is 23.8 Å². The fraction of sp³-hybridized carbons (Fsp3) is 0.484. The number of hydrazone groups is 1. The van der Waals surface area contributed by atoms with Gasteiger partial charge in [-0.25, -0.2) is 5.01 Å². The number of carbonyl (C=O) groups excluding carboxylic acids is 3. The lowest BCUT2D eigenvalue weighted by Crippen LogP contribution is -2.62. The third-order valence-electron chi connectivity index (χ3n) is 7.33. The number of amides is 3. The fourth-order valence-electron chi connectivity index (χ4n) is 5.11. The summed E-state index contributed by atoms with van der Waals surface area (Å²) in [6, 6.07) is 18.5. The molecule has 3 amide bonds. The highest BCUT2D eigenvalue weighted by Gasteiger charge is 2.56. The predicted molar refractivity (Wildman–Crippen MR) is 154 cm³/mol. The number of hydrogen-bond acceptors (Lipinski definition) is 6. The molecule has 1 fully saturated rings.